The standard InChI is InChI=1S/C16H15BrN2/c1-3-11-8-18-16-14(11)6-13(9-19-16)12-5-4-10(2)15(17)7-12/h4-9H,3H2,1-2H3,(H,18,19). The molecule has 0 fully saturated rings. The number of aryl methyl sites for hydroxylation is 2. The number of nitrogens with zero attached hydrogens (tertiary/aromatic N) is 1. The minimum absolute atomic E-state index is 0.965. The van der Waals surface area contributed by atoms with Crippen molar-refractivity contribution < 1.29 is 0 Å². The summed E-state index contributed by atoms with van der Waals surface area (Å²) in [7, 11) is 0. The van der Waals surface area contributed by atoms with Gasteiger partial charge in [-0.2, -0.15) is 0 Å². The second-order valence-electron chi connectivity index (χ2n) is 4.75. The number of hydrogen-bond acceptors (Lipinski definition) is 1. The average molecular weight is 315 g/mol. The van der Waals surface area contributed by atoms with Crippen molar-refractivity contribution in [3.05, 3.63) is 52.3 Å². The highest BCUT2D eigenvalue weighted by molar-refractivity contribution is 9.10. The van der Waals surface area contributed by atoms with Crippen molar-refractivity contribution in [2.75, 3.05) is 0 Å². The Bertz CT molecular complexity index is 744. The van der Waals surface area contributed by atoms with E-state index in [1.165, 1.54) is 22.1 Å². The summed E-state index contributed by atoms with van der Waals surface area (Å²) >= 11 is 3.59. The predicted octanol–water partition coefficient (Wildman–Crippen LogP) is 4.86. The Morgan fingerprint density at radius 2 is 2.05 bits per heavy atom. The van der Waals surface area contributed by atoms with Gasteiger partial charge in [-0.25, -0.2) is 4.98 Å². The van der Waals surface area contributed by atoms with Crippen LogP contribution >= 0.6 is 15.9 Å². The Balaban J connectivity index is 2.16. The molecule has 19 heavy (non-hydrogen) atoms. The fraction of sp³-hybridized carbons (Fsp3) is 0.188. The third-order valence-electron chi connectivity index (χ3n) is 3.50. The van der Waals surface area contributed by atoms with Gasteiger partial charge in [0.1, 0.15) is 5.65 Å². The zero-order chi connectivity index (χ0) is 13.4. The number of benzene rings is 1. The maximum absolute atomic E-state index is 4.51. The van der Waals surface area contributed by atoms with Gasteiger partial charge >= 0.3 is 0 Å². The summed E-state index contributed by atoms with van der Waals surface area (Å²) in [5.74, 6) is 0. The summed E-state index contributed by atoms with van der Waals surface area (Å²) in [5.41, 5.74) is 5.87. The highest BCUT2D eigenvalue weighted by Crippen LogP contribution is 2.28. The minimum atomic E-state index is 0.965. The lowest BCUT2D eigenvalue weighted by atomic mass is 10.0. The number of halogens is 1. The van der Waals surface area contributed by atoms with Gasteiger partial charge < -0.3 is 4.98 Å². The zero-order valence-electron chi connectivity index (χ0n) is 11.0. The van der Waals surface area contributed by atoms with Crippen LogP contribution in [-0.2, 0) is 6.42 Å². The molecule has 3 heteroatoms. The van der Waals surface area contributed by atoms with Crippen LogP contribution in [0.1, 0.15) is 18.1 Å². The first-order valence-corrected chi connectivity index (χ1v) is 7.21. The van der Waals surface area contributed by atoms with Crippen LogP contribution < -0.4 is 0 Å². The number of aromatic amines is 1. The van der Waals surface area contributed by atoms with Crippen LogP contribution in [0.15, 0.2) is 41.1 Å². The van der Waals surface area contributed by atoms with Crippen molar-refractivity contribution in [1.29, 1.82) is 0 Å². The molecule has 2 nitrogen and oxygen atoms in total. The van der Waals surface area contributed by atoms with Crippen LogP contribution in [-0.4, -0.2) is 9.97 Å². The second-order valence-corrected chi connectivity index (χ2v) is 5.61. The van der Waals surface area contributed by atoms with Gasteiger partial charge in [-0.05, 0) is 42.2 Å². The smallest absolute Gasteiger partial charge is 0.137 e. The molecular formula is C16H15BrN2. The first-order chi connectivity index (χ1) is 9.19. The van der Waals surface area contributed by atoms with E-state index in [1.807, 2.05) is 12.4 Å². The number of pyridine rings is 1. The molecule has 96 valence electrons. The Morgan fingerprint density at radius 1 is 1.21 bits per heavy atom. The molecule has 3 aromatic rings. The molecule has 0 spiro atoms. The predicted molar refractivity (Wildman–Crippen MR) is 83.3 cm³/mol. The van der Waals surface area contributed by atoms with E-state index in [0.29, 0.717) is 0 Å². The minimum Gasteiger partial charge on any atom is -0.346 e. The van der Waals surface area contributed by atoms with Gasteiger partial charge in [0.25, 0.3) is 0 Å². The average Bonchev–Trinajstić information content (AvgIpc) is 2.84. The SMILES string of the molecule is CCc1c[nH]c2ncc(-c3ccc(C)c(Br)c3)cc12. The molecule has 3 rings (SSSR count). The fourth-order valence-corrected chi connectivity index (χ4v) is 2.66. The Morgan fingerprint density at radius 3 is 2.79 bits per heavy atom. The molecule has 0 atom stereocenters. The largest absolute Gasteiger partial charge is 0.346 e. The van der Waals surface area contributed by atoms with Gasteiger partial charge in [0.15, 0.2) is 0 Å². The molecule has 2 heterocycles. The number of rotatable bonds is 2. The van der Waals surface area contributed by atoms with Crippen LogP contribution in [0, 0.1) is 6.92 Å². The molecule has 0 unspecified atom stereocenters. The highest BCUT2D eigenvalue weighted by Gasteiger charge is 2.06. The van der Waals surface area contributed by atoms with Crippen molar-refractivity contribution in [3.63, 3.8) is 0 Å². The summed E-state index contributed by atoms with van der Waals surface area (Å²) < 4.78 is 1.13. The monoisotopic (exact) mass is 314 g/mol. The summed E-state index contributed by atoms with van der Waals surface area (Å²) in [6.45, 7) is 4.26. The number of fused-ring (bicyclic) bond motifs is 1. The van der Waals surface area contributed by atoms with Crippen LogP contribution in [0.3, 0.4) is 0 Å². The normalized spacial score (nSPS) is 11.1. The molecule has 0 radical (unpaired) electrons. The Labute approximate surface area is 121 Å². The van der Waals surface area contributed by atoms with Gasteiger partial charge in [-0.3, -0.25) is 0 Å². The van der Waals surface area contributed by atoms with E-state index in [-0.39, 0.29) is 0 Å². The third-order valence-corrected chi connectivity index (χ3v) is 4.36. The number of hydrogen-bond donors (Lipinski definition) is 1. The van der Waals surface area contributed by atoms with Gasteiger partial charge in [0.2, 0.25) is 0 Å². The van der Waals surface area contributed by atoms with E-state index >= 15 is 0 Å². The zero-order valence-corrected chi connectivity index (χ0v) is 12.6. The van der Waals surface area contributed by atoms with Gasteiger partial charge in [0.05, 0.1) is 0 Å². The Kier molecular flexibility index (Phi) is 3.15. The summed E-state index contributed by atoms with van der Waals surface area (Å²) in [4.78, 5) is 7.73. The summed E-state index contributed by atoms with van der Waals surface area (Å²) in [6.07, 6.45) is 4.99. The number of nitrogens with one attached hydrogen (secondary N) is 1. The molecule has 0 aliphatic rings. The topological polar surface area (TPSA) is 28.7 Å². The third kappa shape index (κ3) is 2.19. The van der Waals surface area contributed by atoms with Crippen LogP contribution in [0.5, 0.6) is 0 Å². The lowest BCUT2D eigenvalue weighted by molar-refractivity contribution is 1.15. The summed E-state index contributed by atoms with van der Waals surface area (Å²) in [6, 6.07) is 8.63. The first-order valence-electron chi connectivity index (χ1n) is 6.41. The quantitative estimate of drug-likeness (QED) is 0.718. The lowest BCUT2D eigenvalue weighted by Gasteiger charge is -2.05. The maximum atomic E-state index is 4.51. The molecule has 1 aromatic carbocycles. The van der Waals surface area contributed by atoms with Crippen molar-refractivity contribution in [3.8, 4) is 11.1 Å². The highest BCUT2D eigenvalue weighted by atomic mass is 79.9. The molecule has 0 bridgehead atoms. The van der Waals surface area contributed by atoms with Crippen LogP contribution in [0.4, 0.5) is 0 Å². The summed E-state index contributed by atoms with van der Waals surface area (Å²) in [5, 5.41) is 1.22. The maximum Gasteiger partial charge on any atom is 0.137 e. The lowest BCUT2D eigenvalue weighted by Crippen LogP contribution is -1.84. The van der Waals surface area contributed by atoms with E-state index in [1.54, 1.807) is 0 Å². The Hall–Kier alpha value is -1.61. The molecule has 1 N–H and O–H groups in total. The molecule has 0 amide bonds. The van der Waals surface area contributed by atoms with E-state index in [0.717, 1.165) is 22.1 Å². The molecular weight excluding hydrogens is 300 g/mol. The van der Waals surface area contributed by atoms with E-state index in [2.05, 4.69) is 64.0 Å². The van der Waals surface area contributed by atoms with Crippen molar-refractivity contribution in [2.24, 2.45) is 0 Å². The van der Waals surface area contributed by atoms with Gasteiger partial charge in [0, 0.05) is 27.8 Å². The molecule has 0 aliphatic heterocycles. The fourth-order valence-electron chi connectivity index (χ4n) is 2.28. The molecule has 0 aliphatic carbocycles. The van der Waals surface area contributed by atoms with Crippen molar-refractivity contribution >= 4 is 27.0 Å². The molecule has 0 saturated carbocycles. The van der Waals surface area contributed by atoms with Crippen LogP contribution in [0.25, 0.3) is 22.2 Å². The first kappa shape index (κ1) is 12.4. The molecule has 2 aromatic heterocycles. The van der Waals surface area contributed by atoms with Crippen LogP contribution in [0.2, 0.25) is 0 Å². The second kappa shape index (κ2) is 4.82. The van der Waals surface area contributed by atoms with Gasteiger partial charge in [-0.1, -0.05) is 35.0 Å². The molecule has 0 saturated heterocycles. The van der Waals surface area contributed by atoms with Gasteiger partial charge in [-0.15, -0.1) is 0 Å². The van der Waals surface area contributed by atoms with E-state index in [9.17, 15) is 0 Å². The van der Waals surface area contributed by atoms with E-state index < -0.39 is 0 Å². The van der Waals surface area contributed by atoms with E-state index in [4.69, 9.17) is 0 Å². The number of H-pyrrole nitrogens is 1. The van der Waals surface area contributed by atoms with Crippen molar-refractivity contribution in [1.82, 2.24) is 9.97 Å². The van der Waals surface area contributed by atoms with Crippen molar-refractivity contribution in [2.45, 2.75) is 20.3 Å². The number of aromatic nitrogens is 2.